The SMILES string of the molecule is CC(C)Cc1ccc(S(=O)(=O)NC(C)(C)C)c(-c2ccc(Cn3ccnc3)cc2)c1. The molecule has 1 aromatic heterocycles. The topological polar surface area (TPSA) is 64.0 Å². The number of sulfonamides is 1. The molecule has 0 unspecified atom stereocenters. The van der Waals surface area contributed by atoms with Crippen molar-refractivity contribution < 1.29 is 8.42 Å². The van der Waals surface area contributed by atoms with E-state index in [-0.39, 0.29) is 0 Å². The van der Waals surface area contributed by atoms with E-state index in [1.165, 1.54) is 0 Å². The fourth-order valence-electron chi connectivity index (χ4n) is 3.47. The summed E-state index contributed by atoms with van der Waals surface area (Å²) in [5.74, 6) is 0.491. The fraction of sp³-hybridized carbons (Fsp3) is 0.375. The van der Waals surface area contributed by atoms with Crippen LogP contribution in [0.5, 0.6) is 0 Å². The summed E-state index contributed by atoms with van der Waals surface area (Å²) < 4.78 is 31.1. The number of nitrogens with zero attached hydrogens (tertiary/aromatic N) is 2. The summed E-state index contributed by atoms with van der Waals surface area (Å²) in [5.41, 5.74) is 3.34. The van der Waals surface area contributed by atoms with Gasteiger partial charge in [0.05, 0.1) is 11.2 Å². The lowest BCUT2D eigenvalue weighted by Gasteiger charge is -2.22. The van der Waals surface area contributed by atoms with Crippen molar-refractivity contribution in [3.8, 4) is 11.1 Å². The van der Waals surface area contributed by atoms with Crippen LogP contribution in [0.15, 0.2) is 66.1 Å². The molecule has 2 aromatic carbocycles. The molecule has 5 nitrogen and oxygen atoms in total. The Morgan fingerprint density at radius 1 is 1.03 bits per heavy atom. The van der Waals surface area contributed by atoms with E-state index in [1.807, 2.05) is 67.9 Å². The van der Waals surface area contributed by atoms with Gasteiger partial charge in [-0.05, 0) is 61.9 Å². The molecule has 30 heavy (non-hydrogen) atoms. The molecule has 0 aliphatic heterocycles. The first-order valence-corrected chi connectivity index (χ1v) is 11.7. The first kappa shape index (κ1) is 22.2. The third kappa shape index (κ3) is 5.80. The van der Waals surface area contributed by atoms with Crippen LogP contribution >= 0.6 is 0 Å². The van der Waals surface area contributed by atoms with Crippen LogP contribution in [0.25, 0.3) is 11.1 Å². The first-order valence-electron chi connectivity index (χ1n) is 10.3. The van der Waals surface area contributed by atoms with Crippen molar-refractivity contribution in [1.82, 2.24) is 14.3 Å². The van der Waals surface area contributed by atoms with Crippen LogP contribution in [0.1, 0.15) is 45.7 Å². The Morgan fingerprint density at radius 2 is 1.70 bits per heavy atom. The molecule has 0 aliphatic carbocycles. The van der Waals surface area contributed by atoms with E-state index in [2.05, 4.69) is 23.6 Å². The minimum absolute atomic E-state index is 0.312. The molecule has 1 heterocycles. The summed E-state index contributed by atoms with van der Waals surface area (Å²) in [5, 5.41) is 0. The Labute approximate surface area is 180 Å². The lowest BCUT2D eigenvalue weighted by atomic mass is 9.97. The lowest BCUT2D eigenvalue weighted by Crippen LogP contribution is -2.40. The molecule has 0 radical (unpaired) electrons. The van der Waals surface area contributed by atoms with Crippen LogP contribution in [0.2, 0.25) is 0 Å². The molecule has 1 N–H and O–H groups in total. The van der Waals surface area contributed by atoms with E-state index in [0.29, 0.717) is 10.8 Å². The number of hydrogen-bond donors (Lipinski definition) is 1. The first-order chi connectivity index (χ1) is 14.0. The molecule has 0 atom stereocenters. The smallest absolute Gasteiger partial charge is 0.241 e. The van der Waals surface area contributed by atoms with Gasteiger partial charge in [-0.15, -0.1) is 0 Å². The molecule has 0 amide bonds. The summed E-state index contributed by atoms with van der Waals surface area (Å²) in [6, 6.07) is 13.8. The Bertz CT molecular complexity index is 1080. The number of imidazole rings is 1. The van der Waals surface area contributed by atoms with Gasteiger partial charge in [-0.1, -0.05) is 44.2 Å². The van der Waals surface area contributed by atoms with Gasteiger partial charge in [0, 0.05) is 30.0 Å². The lowest BCUT2D eigenvalue weighted by molar-refractivity contribution is 0.491. The minimum Gasteiger partial charge on any atom is -0.333 e. The molecule has 160 valence electrons. The molecule has 0 spiro atoms. The van der Waals surface area contributed by atoms with Gasteiger partial charge in [-0.3, -0.25) is 0 Å². The summed E-state index contributed by atoms with van der Waals surface area (Å²) in [6.07, 6.45) is 6.37. The molecule has 3 rings (SSSR count). The van der Waals surface area contributed by atoms with Crippen molar-refractivity contribution in [2.45, 2.75) is 58.0 Å². The van der Waals surface area contributed by atoms with E-state index in [1.54, 1.807) is 18.6 Å². The second-order valence-corrected chi connectivity index (χ2v) is 10.9. The zero-order valence-corrected chi connectivity index (χ0v) is 19.2. The van der Waals surface area contributed by atoms with E-state index in [0.717, 1.165) is 35.2 Å². The van der Waals surface area contributed by atoms with Gasteiger partial charge < -0.3 is 4.57 Å². The summed E-state index contributed by atoms with van der Waals surface area (Å²) in [6.45, 7) is 10.6. The van der Waals surface area contributed by atoms with E-state index in [4.69, 9.17) is 0 Å². The average Bonchev–Trinajstić information content (AvgIpc) is 3.12. The standard InChI is InChI=1S/C24H31N3O2S/c1-18(2)14-20-8-11-23(30(28,29)26-24(3,4)5)22(15-20)21-9-6-19(7-10-21)16-27-13-12-25-17-27/h6-13,15,17-18,26H,14,16H2,1-5H3. The molecule has 0 saturated heterocycles. The maximum atomic E-state index is 13.1. The third-order valence-corrected chi connectivity index (χ3v) is 6.42. The van der Waals surface area contributed by atoms with Gasteiger partial charge in [0.25, 0.3) is 0 Å². The van der Waals surface area contributed by atoms with Gasteiger partial charge in [0.1, 0.15) is 0 Å². The highest BCUT2D eigenvalue weighted by atomic mass is 32.2. The van der Waals surface area contributed by atoms with Crippen LogP contribution in [0.3, 0.4) is 0 Å². The van der Waals surface area contributed by atoms with Gasteiger partial charge in [-0.2, -0.15) is 0 Å². The van der Waals surface area contributed by atoms with Crippen molar-refractivity contribution in [3.05, 3.63) is 72.3 Å². The zero-order chi connectivity index (χ0) is 21.9. The highest BCUT2D eigenvalue weighted by Crippen LogP contribution is 2.30. The molecular weight excluding hydrogens is 394 g/mol. The largest absolute Gasteiger partial charge is 0.333 e. The Morgan fingerprint density at radius 3 is 2.27 bits per heavy atom. The summed E-state index contributed by atoms with van der Waals surface area (Å²) >= 11 is 0. The molecule has 0 saturated carbocycles. The predicted octanol–water partition coefficient (Wildman–Crippen LogP) is 4.87. The number of rotatable bonds is 7. The minimum atomic E-state index is -3.66. The van der Waals surface area contributed by atoms with Crippen molar-refractivity contribution in [1.29, 1.82) is 0 Å². The van der Waals surface area contributed by atoms with Gasteiger partial charge in [-0.25, -0.2) is 18.1 Å². The normalized spacial score (nSPS) is 12.5. The van der Waals surface area contributed by atoms with Crippen LogP contribution in [-0.4, -0.2) is 23.5 Å². The van der Waals surface area contributed by atoms with E-state index < -0.39 is 15.6 Å². The van der Waals surface area contributed by atoms with E-state index in [9.17, 15) is 8.42 Å². The second kappa shape index (κ2) is 8.74. The Balaban J connectivity index is 2.01. The third-order valence-electron chi connectivity index (χ3n) is 4.61. The molecule has 0 bridgehead atoms. The zero-order valence-electron chi connectivity index (χ0n) is 18.4. The van der Waals surface area contributed by atoms with Crippen LogP contribution in [0.4, 0.5) is 0 Å². The number of aromatic nitrogens is 2. The summed E-state index contributed by atoms with van der Waals surface area (Å²) in [4.78, 5) is 4.39. The van der Waals surface area contributed by atoms with Crippen LogP contribution in [0, 0.1) is 5.92 Å². The highest BCUT2D eigenvalue weighted by molar-refractivity contribution is 7.89. The molecule has 0 aliphatic rings. The number of benzene rings is 2. The van der Waals surface area contributed by atoms with Crippen molar-refractivity contribution in [3.63, 3.8) is 0 Å². The maximum absolute atomic E-state index is 13.1. The second-order valence-electron chi connectivity index (χ2n) is 9.22. The number of hydrogen-bond acceptors (Lipinski definition) is 3. The highest BCUT2D eigenvalue weighted by Gasteiger charge is 2.25. The molecule has 0 fully saturated rings. The Kier molecular flexibility index (Phi) is 6.48. The maximum Gasteiger partial charge on any atom is 0.241 e. The quantitative estimate of drug-likeness (QED) is 0.587. The van der Waals surface area contributed by atoms with Crippen LogP contribution < -0.4 is 4.72 Å². The van der Waals surface area contributed by atoms with Crippen molar-refractivity contribution in [2.75, 3.05) is 0 Å². The monoisotopic (exact) mass is 425 g/mol. The van der Waals surface area contributed by atoms with Crippen molar-refractivity contribution in [2.24, 2.45) is 5.92 Å². The van der Waals surface area contributed by atoms with Crippen molar-refractivity contribution >= 4 is 10.0 Å². The predicted molar refractivity (Wildman–Crippen MR) is 122 cm³/mol. The van der Waals surface area contributed by atoms with Gasteiger partial charge >= 0.3 is 0 Å². The van der Waals surface area contributed by atoms with Crippen LogP contribution in [-0.2, 0) is 23.0 Å². The summed E-state index contributed by atoms with van der Waals surface area (Å²) in [7, 11) is -3.66. The molecule has 6 heteroatoms. The average molecular weight is 426 g/mol. The van der Waals surface area contributed by atoms with Gasteiger partial charge in [0.2, 0.25) is 10.0 Å². The number of nitrogens with one attached hydrogen (secondary N) is 1. The fourth-order valence-corrected chi connectivity index (χ4v) is 5.10. The van der Waals surface area contributed by atoms with Gasteiger partial charge in [0.15, 0.2) is 0 Å². The molecule has 3 aromatic rings. The van der Waals surface area contributed by atoms with E-state index >= 15 is 0 Å². The Hall–Kier alpha value is -2.44. The molecular formula is C24H31N3O2S.